The fraction of sp³-hybridized carbons (Fsp3) is 0.353. The number of benzene rings is 1. The molecule has 1 saturated heterocycles. The molecule has 1 aliphatic carbocycles. The minimum Gasteiger partial charge on any atom is -0.349 e. The Hall–Kier alpha value is -1.90. The number of nitrogens with zero attached hydrogens (tertiary/aromatic N) is 2. The van der Waals surface area contributed by atoms with E-state index in [1.165, 1.54) is 0 Å². The summed E-state index contributed by atoms with van der Waals surface area (Å²) >= 11 is 9.56. The number of anilines is 1. The average Bonchev–Trinajstić information content (AvgIpc) is 2.94. The third kappa shape index (κ3) is 3.13. The molecular formula is C17H17BrClN5O2. The molecule has 26 heavy (non-hydrogen) atoms. The Bertz CT molecular complexity index is 889. The van der Waals surface area contributed by atoms with Crippen molar-refractivity contribution in [3.8, 4) is 0 Å². The van der Waals surface area contributed by atoms with Gasteiger partial charge in [-0.25, -0.2) is 4.98 Å². The molecule has 3 atom stereocenters. The van der Waals surface area contributed by atoms with Crippen molar-refractivity contribution in [2.75, 3.05) is 18.4 Å². The lowest BCUT2D eigenvalue weighted by Crippen LogP contribution is -2.32. The molecule has 2 aliphatic rings. The standard InChI is InChI=1S/C17H17BrClN5O2/c1-24-13(18)7-21-15(24)17(26)22-8-2-3-9(12(19)4-8)16(25)23-14-10-5-20-6-11(10)14/h2-4,7,10-11,14,20H,5-6H2,1H3,(H,22,26)(H,23,25)/t10-,11+,14?. The van der Waals surface area contributed by atoms with E-state index in [4.69, 9.17) is 11.6 Å². The molecule has 1 saturated carbocycles. The first kappa shape index (κ1) is 17.5. The third-order valence-electron chi connectivity index (χ3n) is 5.00. The predicted molar refractivity (Wildman–Crippen MR) is 101 cm³/mol. The summed E-state index contributed by atoms with van der Waals surface area (Å²) in [7, 11) is 1.73. The van der Waals surface area contributed by atoms with Crippen LogP contribution in [-0.2, 0) is 7.05 Å². The summed E-state index contributed by atoms with van der Waals surface area (Å²) in [6.07, 6.45) is 1.55. The molecule has 0 spiro atoms. The first-order chi connectivity index (χ1) is 12.5. The van der Waals surface area contributed by atoms with Crippen LogP contribution in [0.5, 0.6) is 0 Å². The Morgan fingerprint density at radius 1 is 1.31 bits per heavy atom. The van der Waals surface area contributed by atoms with Crippen molar-refractivity contribution >= 4 is 45.0 Å². The maximum atomic E-state index is 12.4. The van der Waals surface area contributed by atoms with Gasteiger partial charge in [0.25, 0.3) is 11.8 Å². The van der Waals surface area contributed by atoms with Crippen LogP contribution in [0, 0.1) is 11.8 Å². The van der Waals surface area contributed by atoms with Gasteiger partial charge in [-0.05, 0) is 46.0 Å². The van der Waals surface area contributed by atoms with Crippen molar-refractivity contribution in [1.29, 1.82) is 0 Å². The minimum absolute atomic E-state index is 0.180. The normalized spacial score (nSPS) is 23.4. The van der Waals surface area contributed by atoms with E-state index in [1.807, 2.05) is 0 Å². The maximum Gasteiger partial charge on any atom is 0.291 e. The van der Waals surface area contributed by atoms with Gasteiger partial charge in [0.2, 0.25) is 0 Å². The van der Waals surface area contributed by atoms with Gasteiger partial charge in [-0.1, -0.05) is 11.6 Å². The van der Waals surface area contributed by atoms with Gasteiger partial charge in [-0.15, -0.1) is 0 Å². The number of hydrogen-bond donors (Lipinski definition) is 3. The lowest BCUT2D eigenvalue weighted by atomic mass is 10.2. The van der Waals surface area contributed by atoms with Crippen LogP contribution in [0.25, 0.3) is 0 Å². The third-order valence-corrected chi connectivity index (χ3v) is 6.05. The highest BCUT2D eigenvalue weighted by atomic mass is 79.9. The molecule has 7 nitrogen and oxygen atoms in total. The van der Waals surface area contributed by atoms with Crippen LogP contribution < -0.4 is 16.0 Å². The van der Waals surface area contributed by atoms with Crippen molar-refractivity contribution in [1.82, 2.24) is 20.2 Å². The summed E-state index contributed by atoms with van der Waals surface area (Å²) in [4.78, 5) is 28.8. The Morgan fingerprint density at radius 3 is 2.65 bits per heavy atom. The van der Waals surface area contributed by atoms with Gasteiger partial charge in [0.15, 0.2) is 5.82 Å². The fourth-order valence-corrected chi connectivity index (χ4v) is 3.96. The summed E-state index contributed by atoms with van der Waals surface area (Å²) in [5.41, 5.74) is 0.908. The number of nitrogens with one attached hydrogen (secondary N) is 3. The quantitative estimate of drug-likeness (QED) is 0.682. The molecule has 9 heteroatoms. The first-order valence-corrected chi connectivity index (χ1v) is 9.42. The van der Waals surface area contributed by atoms with Crippen LogP contribution in [0.2, 0.25) is 5.02 Å². The largest absolute Gasteiger partial charge is 0.349 e. The van der Waals surface area contributed by atoms with Crippen LogP contribution in [0.3, 0.4) is 0 Å². The molecule has 2 aromatic rings. The van der Waals surface area contributed by atoms with Crippen molar-refractivity contribution in [3.63, 3.8) is 0 Å². The second-order valence-electron chi connectivity index (χ2n) is 6.60. The Balaban J connectivity index is 1.43. The van der Waals surface area contributed by atoms with Crippen LogP contribution >= 0.6 is 27.5 Å². The van der Waals surface area contributed by atoms with Gasteiger partial charge in [-0.3, -0.25) is 9.59 Å². The van der Waals surface area contributed by atoms with E-state index in [1.54, 1.807) is 36.0 Å². The zero-order chi connectivity index (χ0) is 18.4. The predicted octanol–water partition coefficient (Wildman–Crippen LogP) is 2.04. The van der Waals surface area contributed by atoms with Crippen molar-refractivity contribution < 1.29 is 9.59 Å². The maximum absolute atomic E-state index is 12.4. The zero-order valence-electron chi connectivity index (χ0n) is 13.9. The number of rotatable bonds is 4. The van der Waals surface area contributed by atoms with Crippen LogP contribution in [-0.4, -0.2) is 40.5 Å². The molecule has 2 heterocycles. The highest BCUT2D eigenvalue weighted by Crippen LogP contribution is 2.41. The number of carbonyl (C=O) groups is 2. The lowest BCUT2D eigenvalue weighted by molar-refractivity contribution is 0.0946. The SMILES string of the molecule is Cn1c(Br)cnc1C(=O)Nc1ccc(C(=O)NC2[C@H]3CNC[C@@H]23)c(Cl)c1. The molecule has 1 unspecified atom stereocenters. The molecule has 1 aliphatic heterocycles. The molecule has 1 aromatic heterocycles. The van der Waals surface area contributed by atoms with E-state index in [2.05, 4.69) is 36.9 Å². The summed E-state index contributed by atoms with van der Waals surface area (Å²) in [5, 5.41) is 9.37. The number of fused-ring (bicyclic) bond motifs is 1. The number of halogens is 2. The summed E-state index contributed by atoms with van der Waals surface area (Å²) in [6, 6.07) is 5.09. The van der Waals surface area contributed by atoms with Crippen molar-refractivity contribution in [2.24, 2.45) is 18.9 Å². The van der Waals surface area contributed by atoms with Crippen molar-refractivity contribution in [3.05, 3.63) is 45.4 Å². The number of amides is 2. The first-order valence-electron chi connectivity index (χ1n) is 8.25. The molecule has 3 N–H and O–H groups in total. The molecule has 1 aromatic carbocycles. The molecule has 136 valence electrons. The number of piperidine rings is 1. The Labute approximate surface area is 163 Å². The monoisotopic (exact) mass is 437 g/mol. The molecule has 2 fully saturated rings. The lowest BCUT2D eigenvalue weighted by Gasteiger charge is -2.11. The number of imidazole rings is 1. The highest BCUT2D eigenvalue weighted by Gasteiger charge is 2.53. The van der Waals surface area contributed by atoms with Gasteiger partial charge in [0.1, 0.15) is 4.60 Å². The highest BCUT2D eigenvalue weighted by molar-refractivity contribution is 9.10. The van der Waals surface area contributed by atoms with Gasteiger partial charge in [-0.2, -0.15) is 0 Å². The molecule has 2 amide bonds. The van der Waals surface area contributed by atoms with E-state index < -0.39 is 0 Å². The van der Waals surface area contributed by atoms with Crippen molar-refractivity contribution in [2.45, 2.75) is 6.04 Å². The molecule has 4 rings (SSSR count). The summed E-state index contributed by atoms with van der Waals surface area (Å²) < 4.78 is 2.33. The topological polar surface area (TPSA) is 88.0 Å². The van der Waals surface area contributed by atoms with Crippen LogP contribution in [0.4, 0.5) is 5.69 Å². The summed E-state index contributed by atoms with van der Waals surface area (Å²) in [6.45, 7) is 1.91. The van der Waals surface area contributed by atoms with E-state index in [9.17, 15) is 9.59 Å². The van der Waals surface area contributed by atoms with E-state index in [0.717, 1.165) is 13.1 Å². The van der Waals surface area contributed by atoms with Gasteiger partial charge < -0.3 is 20.5 Å². The fourth-order valence-electron chi connectivity index (χ4n) is 3.43. The van der Waals surface area contributed by atoms with E-state index >= 15 is 0 Å². The Kier molecular flexibility index (Phi) is 4.50. The molecule has 0 bridgehead atoms. The van der Waals surface area contributed by atoms with E-state index in [-0.39, 0.29) is 23.7 Å². The molecular weight excluding hydrogens is 422 g/mol. The second-order valence-corrected chi connectivity index (χ2v) is 7.82. The van der Waals surface area contributed by atoms with Gasteiger partial charge >= 0.3 is 0 Å². The van der Waals surface area contributed by atoms with Crippen LogP contribution in [0.1, 0.15) is 21.0 Å². The minimum atomic E-state index is -0.357. The average molecular weight is 439 g/mol. The van der Waals surface area contributed by atoms with Gasteiger partial charge in [0.05, 0.1) is 16.8 Å². The molecule has 0 radical (unpaired) electrons. The number of hydrogen-bond acceptors (Lipinski definition) is 4. The van der Waals surface area contributed by atoms with Gasteiger partial charge in [0, 0.05) is 31.9 Å². The second kappa shape index (κ2) is 6.68. The van der Waals surface area contributed by atoms with Crippen LogP contribution in [0.15, 0.2) is 29.0 Å². The summed E-state index contributed by atoms with van der Waals surface area (Å²) in [5.74, 6) is 0.801. The Morgan fingerprint density at radius 2 is 2.04 bits per heavy atom. The van der Waals surface area contributed by atoms with E-state index in [0.29, 0.717) is 32.7 Å². The smallest absolute Gasteiger partial charge is 0.291 e. The number of carbonyl (C=O) groups excluding carboxylic acids is 2. The zero-order valence-corrected chi connectivity index (χ0v) is 16.3. The number of aromatic nitrogens is 2.